The number of methoxy groups -OCH3 is 1. The van der Waals surface area contributed by atoms with Gasteiger partial charge in [-0.1, -0.05) is 41.1 Å². The standard InChI is InChI=1S/C22H26ClN3O2S/c1-14-6-7-16(12-15(14)2)13-19(27)26(11-10-25(3)4)22-24-20-18(28-5)9-8-17(23)21(20)29-22/h6-9,12H,10-11,13H2,1-5H3. The Balaban J connectivity index is 1.96. The van der Waals surface area contributed by atoms with Crippen LogP contribution in [0.3, 0.4) is 0 Å². The van der Waals surface area contributed by atoms with E-state index in [4.69, 9.17) is 21.3 Å². The first-order chi connectivity index (χ1) is 13.8. The van der Waals surface area contributed by atoms with Gasteiger partial charge in [0.2, 0.25) is 5.91 Å². The summed E-state index contributed by atoms with van der Waals surface area (Å²) >= 11 is 7.80. The van der Waals surface area contributed by atoms with Crippen LogP contribution in [0.1, 0.15) is 16.7 Å². The van der Waals surface area contributed by atoms with Crippen molar-refractivity contribution in [2.75, 3.05) is 39.2 Å². The van der Waals surface area contributed by atoms with Crippen LogP contribution in [0.25, 0.3) is 10.2 Å². The molecule has 0 radical (unpaired) electrons. The van der Waals surface area contributed by atoms with Crippen molar-refractivity contribution in [3.05, 3.63) is 52.0 Å². The fourth-order valence-electron chi connectivity index (χ4n) is 3.03. The summed E-state index contributed by atoms with van der Waals surface area (Å²) < 4.78 is 6.26. The number of nitrogens with zero attached hydrogens (tertiary/aromatic N) is 3. The molecule has 154 valence electrons. The summed E-state index contributed by atoms with van der Waals surface area (Å²) in [4.78, 5) is 21.8. The van der Waals surface area contributed by atoms with Crippen molar-refractivity contribution in [2.45, 2.75) is 20.3 Å². The Morgan fingerprint density at radius 1 is 1.14 bits per heavy atom. The van der Waals surface area contributed by atoms with Gasteiger partial charge in [0, 0.05) is 13.1 Å². The monoisotopic (exact) mass is 431 g/mol. The van der Waals surface area contributed by atoms with Crippen LogP contribution in [-0.4, -0.2) is 50.1 Å². The maximum atomic E-state index is 13.2. The fourth-order valence-corrected chi connectivity index (χ4v) is 4.33. The summed E-state index contributed by atoms with van der Waals surface area (Å²) in [7, 11) is 5.59. The van der Waals surface area contributed by atoms with E-state index in [2.05, 4.69) is 30.9 Å². The quantitative estimate of drug-likeness (QED) is 0.543. The van der Waals surface area contributed by atoms with Gasteiger partial charge in [0.15, 0.2) is 5.13 Å². The van der Waals surface area contributed by atoms with Crippen LogP contribution in [0.2, 0.25) is 5.02 Å². The lowest BCUT2D eigenvalue weighted by Crippen LogP contribution is -2.37. The number of carbonyl (C=O) groups is 1. The Labute approximate surface area is 180 Å². The number of benzene rings is 2. The Kier molecular flexibility index (Phi) is 6.77. The molecule has 0 unspecified atom stereocenters. The minimum atomic E-state index is 0.0178. The summed E-state index contributed by atoms with van der Waals surface area (Å²) in [6, 6.07) is 9.75. The number of hydrogen-bond acceptors (Lipinski definition) is 5. The zero-order valence-electron chi connectivity index (χ0n) is 17.5. The van der Waals surface area contributed by atoms with Crippen LogP contribution >= 0.6 is 22.9 Å². The molecule has 3 rings (SSSR count). The predicted molar refractivity (Wildman–Crippen MR) is 122 cm³/mol. The molecule has 0 aliphatic heterocycles. The number of fused-ring (bicyclic) bond motifs is 1. The fraction of sp³-hybridized carbons (Fsp3) is 0.364. The first-order valence-corrected chi connectivity index (χ1v) is 10.6. The number of halogens is 1. The van der Waals surface area contributed by atoms with E-state index >= 15 is 0 Å². The molecule has 2 aromatic carbocycles. The summed E-state index contributed by atoms with van der Waals surface area (Å²) in [5.41, 5.74) is 4.10. The van der Waals surface area contributed by atoms with Crippen molar-refractivity contribution in [3.63, 3.8) is 0 Å². The number of aryl methyl sites for hydroxylation is 2. The van der Waals surface area contributed by atoms with Crippen LogP contribution in [0.5, 0.6) is 5.75 Å². The molecule has 7 heteroatoms. The molecule has 0 spiro atoms. The van der Waals surface area contributed by atoms with Crippen molar-refractivity contribution in [1.82, 2.24) is 9.88 Å². The van der Waals surface area contributed by atoms with Crippen LogP contribution < -0.4 is 9.64 Å². The summed E-state index contributed by atoms with van der Waals surface area (Å²) in [6.45, 7) is 5.42. The molecule has 0 saturated heterocycles. The highest BCUT2D eigenvalue weighted by Crippen LogP contribution is 2.38. The predicted octanol–water partition coefficient (Wildman–Crippen LogP) is 4.71. The molecule has 3 aromatic rings. The minimum Gasteiger partial charge on any atom is -0.494 e. The van der Waals surface area contributed by atoms with Crippen molar-refractivity contribution < 1.29 is 9.53 Å². The Hall–Kier alpha value is -2.15. The van der Waals surface area contributed by atoms with Gasteiger partial charge in [-0.05, 0) is 56.8 Å². The Bertz CT molecular complexity index is 1030. The highest BCUT2D eigenvalue weighted by Gasteiger charge is 2.22. The summed E-state index contributed by atoms with van der Waals surface area (Å²) in [5, 5.41) is 1.25. The highest BCUT2D eigenvalue weighted by molar-refractivity contribution is 7.23. The topological polar surface area (TPSA) is 45.7 Å². The van der Waals surface area contributed by atoms with Crippen LogP contribution in [0.4, 0.5) is 5.13 Å². The molecule has 0 saturated carbocycles. The van der Waals surface area contributed by atoms with Gasteiger partial charge in [-0.3, -0.25) is 9.69 Å². The first kappa shape index (κ1) is 21.6. The summed E-state index contributed by atoms with van der Waals surface area (Å²) in [5.74, 6) is 0.672. The number of amides is 1. The van der Waals surface area contributed by atoms with E-state index in [1.807, 2.05) is 20.2 Å². The van der Waals surface area contributed by atoms with Crippen LogP contribution in [-0.2, 0) is 11.2 Å². The molecule has 1 aromatic heterocycles. The lowest BCUT2D eigenvalue weighted by Gasteiger charge is -2.22. The molecule has 0 aliphatic carbocycles. The third-order valence-electron chi connectivity index (χ3n) is 4.90. The van der Waals surface area contributed by atoms with Crippen molar-refractivity contribution in [2.24, 2.45) is 0 Å². The van der Waals surface area contributed by atoms with Gasteiger partial charge in [-0.15, -0.1) is 0 Å². The van der Waals surface area contributed by atoms with E-state index < -0.39 is 0 Å². The number of carbonyl (C=O) groups excluding carboxylic acids is 1. The second kappa shape index (κ2) is 9.11. The molecule has 0 aliphatic rings. The van der Waals surface area contributed by atoms with E-state index in [0.717, 1.165) is 16.8 Å². The lowest BCUT2D eigenvalue weighted by atomic mass is 10.0. The van der Waals surface area contributed by atoms with E-state index in [1.54, 1.807) is 24.1 Å². The molecule has 0 atom stereocenters. The second-order valence-electron chi connectivity index (χ2n) is 7.37. The van der Waals surface area contributed by atoms with Crippen molar-refractivity contribution in [3.8, 4) is 5.75 Å². The normalized spacial score (nSPS) is 11.3. The zero-order chi connectivity index (χ0) is 21.1. The van der Waals surface area contributed by atoms with Gasteiger partial charge < -0.3 is 9.64 Å². The molecule has 5 nitrogen and oxygen atoms in total. The zero-order valence-corrected chi connectivity index (χ0v) is 19.0. The van der Waals surface area contributed by atoms with E-state index in [1.165, 1.54) is 22.5 Å². The lowest BCUT2D eigenvalue weighted by molar-refractivity contribution is -0.118. The molecular formula is C22H26ClN3O2S. The number of aromatic nitrogens is 1. The number of anilines is 1. The van der Waals surface area contributed by atoms with Crippen LogP contribution in [0.15, 0.2) is 30.3 Å². The largest absolute Gasteiger partial charge is 0.494 e. The number of likely N-dealkylation sites (N-methyl/N-ethyl adjacent to an activating group) is 1. The average molecular weight is 432 g/mol. The maximum Gasteiger partial charge on any atom is 0.233 e. The molecule has 0 bridgehead atoms. The number of rotatable bonds is 7. The third kappa shape index (κ3) is 4.89. The van der Waals surface area contributed by atoms with Crippen molar-refractivity contribution >= 4 is 44.2 Å². The second-order valence-corrected chi connectivity index (χ2v) is 8.75. The number of ether oxygens (including phenoxy) is 1. The van der Waals surface area contributed by atoms with Gasteiger partial charge in [0.1, 0.15) is 11.3 Å². The van der Waals surface area contributed by atoms with E-state index in [0.29, 0.717) is 34.4 Å². The SMILES string of the molecule is COc1ccc(Cl)c2sc(N(CCN(C)C)C(=O)Cc3ccc(C)c(C)c3)nc12. The number of hydrogen-bond donors (Lipinski definition) is 0. The van der Waals surface area contributed by atoms with Gasteiger partial charge in [-0.2, -0.15) is 0 Å². The third-order valence-corrected chi connectivity index (χ3v) is 6.44. The van der Waals surface area contributed by atoms with Crippen LogP contribution in [0, 0.1) is 13.8 Å². The van der Waals surface area contributed by atoms with E-state index in [-0.39, 0.29) is 5.91 Å². The van der Waals surface area contributed by atoms with Gasteiger partial charge in [0.05, 0.1) is 23.3 Å². The maximum absolute atomic E-state index is 13.2. The average Bonchev–Trinajstić information content (AvgIpc) is 3.11. The van der Waals surface area contributed by atoms with E-state index in [9.17, 15) is 4.79 Å². The summed E-state index contributed by atoms with van der Waals surface area (Å²) in [6.07, 6.45) is 0.329. The first-order valence-electron chi connectivity index (χ1n) is 9.44. The molecule has 1 amide bonds. The molecule has 0 fully saturated rings. The molecular weight excluding hydrogens is 406 g/mol. The van der Waals surface area contributed by atoms with Gasteiger partial charge in [-0.25, -0.2) is 4.98 Å². The van der Waals surface area contributed by atoms with Crippen molar-refractivity contribution in [1.29, 1.82) is 0 Å². The smallest absolute Gasteiger partial charge is 0.233 e. The molecule has 1 heterocycles. The van der Waals surface area contributed by atoms with Gasteiger partial charge >= 0.3 is 0 Å². The molecule has 29 heavy (non-hydrogen) atoms. The Morgan fingerprint density at radius 3 is 2.55 bits per heavy atom. The number of thiazole rings is 1. The minimum absolute atomic E-state index is 0.0178. The molecule has 0 N–H and O–H groups in total. The Morgan fingerprint density at radius 2 is 1.90 bits per heavy atom. The van der Waals surface area contributed by atoms with Gasteiger partial charge in [0.25, 0.3) is 0 Å². The highest BCUT2D eigenvalue weighted by atomic mass is 35.5.